The lowest BCUT2D eigenvalue weighted by Gasteiger charge is -2.31. The first-order chi connectivity index (χ1) is 9.85. The molecule has 21 heavy (non-hydrogen) atoms. The number of hydrogen-bond acceptors (Lipinski definition) is 3. The number of nitrogens with one attached hydrogen (secondary N) is 1. The molecule has 1 aromatic rings. The number of rotatable bonds is 3. The maximum Gasteiger partial charge on any atom is 0.401 e. The molecule has 7 heteroatoms. The zero-order valence-corrected chi connectivity index (χ0v) is 11.4. The second-order valence-electron chi connectivity index (χ2n) is 5.17. The van der Waals surface area contributed by atoms with Gasteiger partial charge in [-0.3, -0.25) is 9.69 Å². The molecule has 1 amide bonds. The number of benzene rings is 1. The number of halogens is 3. The third-order valence-corrected chi connectivity index (χ3v) is 3.52. The zero-order valence-electron chi connectivity index (χ0n) is 11.4. The first kappa shape index (κ1) is 15.6. The summed E-state index contributed by atoms with van der Waals surface area (Å²) in [6, 6.07) is 6.36. The Morgan fingerprint density at radius 2 is 1.90 bits per heavy atom. The Bertz CT molecular complexity index is 497. The maximum atomic E-state index is 12.3. The van der Waals surface area contributed by atoms with E-state index in [1.54, 1.807) is 18.2 Å². The number of aromatic hydroxyl groups is 1. The van der Waals surface area contributed by atoms with Crippen LogP contribution in [0.4, 0.5) is 18.9 Å². The number of likely N-dealkylation sites (tertiary alicyclic amines) is 1. The zero-order chi connectivity index (χ0) is 15.5. The van der Waals surface area contributed by atoms with Crippen molar-refractivity contribution in [1.82, 2.24) is 4.90 Å². The van der Waals surface area contributed by atoms with Crippen molar-refractivity contribution in [2.75, 3.05) is 25.0 Å². The number of alkyl halides is 3. The van der Waals surface area contributed by atoms with E-state index >= 15 is 0 Å². The molecule has 2 N–H and O–H groups in total. The molecule has 116 valence electrons. The van der Waals surface area contributed by atoms with Gasteiger partial charge in [0, 0.05) is 5.92 Å². The molecule has 1 aromatic carbocycles. The van der Waals surface area contributed by atoms with E-state index in [4.69, 9.17) is 0 Å². The monoisotopic (exact) mass is 302 g/mol. The summed E-state index contributed by atoms with van der Waals surface area (Å²) in [6.45, 7) is -0.433. The lowest BCUT2D eigenvalue weighted by molar-refractivity contribution is -0.149. The molecule has 2 rings (SSSR count). The fourth-order valence-corrected chi connectivity index (χ4v) is 2.42. The molecule has 1 aliphatic rings. The van der Waals surface area contributed by atoms with Crippen LogP contribution in [0.25, 0.3) is 0 Å². The Hall–Kier alpha value is -1.76. The molecule has 1 saturated heterocycles. The Morgan fingerprint density at radius 1 is 1.29 bits per heavy atom. The molecule has 4 nitrogen and oxygen atoms in total. The van der Waals surface area contributed by atoms with Gasteiger partial charge in [-0.05, 0) is 38.1 Å². The van der Waals surface area contributed by atoms with Gasteiger partial charge in [0.05, 0.1) is 12.2 Å². The third kappa shape index (κ3) is 4.63. The molecule has 0 atom stereocenters. The molecule has 1 heterocycles. The van der Waals surface area contributed by atoms with Crippen molar-refractivity contribution in [3.05, 3.63) is 24.3 Å². The second kappa shape index (κ2) is 6.34. The molecule has 1 aliphatic heterocycles. The Kier molecular flexibility index (Phi) is 4.72. The molecular weight excluding hydrogens is 285 g/mol. The van der Waals surface area contributed by atoms with Gasteiger partial charge in [-0.15, -0.1) is 0 Å². The Labute approximate surface area is 120 Å². The summed E-state index contributed by atoms with van der Waals surface area (Å²) in [4.78, 5) is 13.4. The van der Waals surface area contributed by atoms with Gasteiger partial charge in [0.1, 0.15) is 5.75 Å². The second-order valence-corrected chi connectivity index (χ2v) is 5.17. The fraction of sp³-hybridized carbons (Fsp3) is 0.500. The van der Waals surface area contributed by atoms with Gasteiger partial charge in [-0.2, -0.15) is 13.2 Å². The minimum atomic E-state index is -4.20. The quantitative estimate of drug-likeness (QED) is 0.844. The van der Waals surface area contributed by atoms with Crippen LogP contribution in [0.2, 0.25) is 0 Å². The van der Waals surface area contributed by atoms with E-state index in [0.717, 1.165) is 0 Å². The molecular formula is C14H17F3N2O2. The van der Waals surface area contributed by atoms with E-state index in [0.29, 0.717) is 18.5 Å². The van der Waals surface area contributed by atoms with Gasteiger partial charge < -0.3 is 10.4 Å². The predicted octanol–water partition coefficient (Wildman–Crippen LogP) is 2.61. The van der Waals surface area contributed by atoms with Crippen molar-refractivity contribution >= 4 is 11.6 Å². The standard InChI is InChI=1S/C14H17F3N2O2/c15-14(16,17)9-19-7-5-10(6-8-19)13(21)18-11-3-1-2-4-12(11)20/h1-4,10,20H,5-9H2,(H,18,21). The van der Waals surface area contributed by atoms with Crippen molar-refractivity contribution in [1.29, 1.82) is 0 Å². The van der Waals surface area contributed by atoms with Crippen LogP contribution in [0.1, 0.15) is 12.8 Å². The van der Waals surface area contributed by atoms with E-state index in [9.17, 15) is 23.1 Å². The number of anilines is 1. The first-order valence-corrected chi connectivity index (χ1v) is 6.73. The maximum absolute atomic E-state index is 12.3. The minimum Gasteiger partial charge on any atom is -0.506 e. The molecule has 1 fully saturated rings. The van der Waals surface area contributed by atoms with Crippen LogP contribution < -0.4 is 5.32 Å². The number of phenolic OH excluding ortho intramolecular Hbond substituents is 1. The fourth-order valence-electron chi connectivity index (χ4n) is 2.42. The highest BCUT2D eigenvalue weighted by Gasteiger charge is 2.33. The number of phenols is 1. The van der Waals surface area contributed by atoms with E-state index in [-0.39, 0.29) is 30.7 Å². The van der Waals surface area contributed by atoms with Gasteiger partial charge >= 0.3 is 6.18 Å². The Morgan fingerprint density at radius 3 is 2.48 bits per heavy atom. The summed E-state index contributed by atoms with van der Waals surface area (Å²) in [7, 11) is 0. The SMILES string of the molecule is O=C(Nc1ccccc1O)C1CCN(CC(F)(F)F)CC1. The molecule has 0 saturated carbocycles. The molecule has 0 aliphatic carbocycles. The molecule has 0 unspecified atom stereocenters. The lowest BCUT2D eigenvalue weighted by atomic mass is 9.96. The van der Waals surface area contributed by atoms with Crippen molar-refractivity contribution in [2.24, 2.45) is 5.92 Å². The van der Waals surface area contributed by atoms with Gasteiger partial charge in [0.2, 0.25) is 5.91 Å². The highest BCUT2D eigenvalue weighted by molar-refractivity contribution is 5.93. The minimum absolute atomic E-state index is 0.0274. The average Bonchev–Trinajstić information content (AvgIpc) is 2.40. The largest absolute Gasteiger partial charge is 0.506 e. The summed E-state index contributed by atoms with van der Waals surface area (Å²) in [5, 5.41) is 12.2. The molecule has 0 radical (unpaired) electrons. The van der Waals surface area contributed by atoms with E-state index < -0.39 is 12.7 Å². The smallest absolute Gasteiger partial charge is 0.401 e. The predicted molar refractivity (Wildman–Crippen MR) is 72.0 cm³/mol. The number of nitrogens with zero attached hydrogens (tertiary/aromatic N) is 1. The van der Waals surface area contributed by atoms with Crippen LogP contribution in [0, 0.1) is 5.92 Å². The van der Waals surface area contributed by atoms with Gasteiger partial charge in [0.15, 0.2) is 0 Å². The van der Waals surface area contributed by atoms with Crippen molar-refractivity contribution in [3.8, 4) is 5.75 Å². The third-order valence-electron chi connectivity index (χ3n) is 3.52. The average molecular weight is 302 g/mol. The lowest BCUT2D eigenvalue weighted by Crippen LogP contribution is -2.42. The van der Waals surface area contributed by atoms with Crippen LogP contribution in [-0.4, -0.2) is 41.7 Å². The summed E-state index contributed by atoms with van der Waals surface area (Å²) in [5.74, 6) is -0.613. The van der Waals surface area contributed by atoms with Crippen LogP contribution in [0.15, 0.2) is 24.3 Å². The van der Waals surface area contributed by atoms with E-state index in [1.165, 1.54) is 11.0 Å². The number of piperidine rings is 1. The number of hydrogen-bond donors (Lipinski definition) is 2. The van der Waals surface area contributed by atoms with Gasteiger partial charge in [-0.1, -0.05) is 12.1 Å². The van der Waals surface area contributed by atoms with Crippen LogP contribution in [0.3, 0.4) is 0 Å². The normalized spacial score (nSPS) is 17.7. The highest BCUT2D eigenvalue weighted by atomic mass is 19.4. The molecule has 0 spiro atoms. The van der Waals surface area contributed by atoms with Crippen molar-refractivity contribution in [3.63, 3.8) is 0 Å². The number of para-hydroxylation sites is 2. The molecule has 0 bridgehead atoms. The topological polar surface area (TPSA) is 52.6 Å². The summed E-state index contributed by atoms with van der Waals surface area (Å²) in [6.07, 6.45) is -3.43. The number of carbonyl (C=O) groups is 1. The van der Waals surface area contributed by atoms with E-state index in [1.807, 2.05) is 0 Å². The van der Waals surface area contributed by atoms with Crippen LogP contribution in [-0.2, 0) is 4.79 Å². The number of amides is 1. The van der Waals surface area contributed by atoms with E-state index in [2.05, 4.69) is 5.32 Å². The van der Waals surface area contributed by atoms with Crippen molar-refractivity contribution < 1.29 is 23.1 Å². The number of carbonyl (C=O) groups excluding carboxylic acids is 1. The summed E-state index contributed by atoms with van der Waals surface area (Å²) < 4.78 is 36.8. The first-order valence-electron chi connectivity index (χ1n) is 6.73. The van der Waals surface area contributed by atoms with Crippen LogP contribution in [0.5, 0.6) is 5.75 Å². The summed E-state index contributed by atoms with van der Waals surface area (Å²) in [5.41, 5.74) is 0.320. The van der Waals surface area contributed by atoms with Crippen molar-refractivity contribution in [2.45, 2.75) is 19.0 Å². The van der Waals surface area contributed by atoms with Crippen LogP contribution >= 0.6 is 0 Å². The van der Waals surface area contributed by atoms with Gasteiger partial charge in [0.25, 0.3) is 0 Å². The molecule has 0 aromatic heterocycles. The van der Waals surface area contributed by atoms with Gasteiger partial charge in [-0.25, -0.2) is 0 Å². The summed E-state index contributed by atoms with van der Waals surface area (Å²) >= 11 is 0. The highest BCUT2D eigenvalue weighted by Crippen LogP contribution is 2.26. The Balaban J connectivity index is 1.85.